The zero-order valence-corrected chi connectivity index (χ0v) is 12.0. The van der Waals surface area contributed by atoms with Gasteiger partial charge in [0.15, 0.2) is 0 Å². The molecule has 1 aromatic carbocycles. The first-order valence-electron chi connectivity index (χ1n) is 6.76. The Balaban J connectivity index is 2.29. The SMILES string of the molecule is Cc1cc(C)cc(N2CC(C)N(C)CC2CN)c1. The summed E-state index contributed by atoms with van der Waals surface area (Å²) in [5, 5.41) is 0. The van der Waals surface area contributed by atoms with Crippen LogP contribution in [0.4, 0.5) is 5.69 Å². The van der Waals surface area contributed by atoms with Crippen LogP contribution in [0.15, 0.2) is 18.2 Å². The van der Waals surface area contributed by atoms with E-state index < -0.39 is 0 Å². The van der Waals surface area contributed by atoms with Crippen molar-refractivity contribution in [3.05, 3.63) is 29.3 Å². The third-order valence-electron chi connectivity index (χ3n) is 3.96. The van der Waals surface area contributed by atoms with Crippen LogP contribution in [-0.4, -0.2) is 43.7 Å². The van der Waals surface area contributed by atoms with Crippen molar-refractivity contribution in [1.82, 2.24) is 4.90 Å². The molecule has 0 saturated carbocycles. The Morgan fingerprint density at radius 1 is 1.17 bits per heavy atom. The van der Waals surface area contributed by atoms with Gasteiger partial charge in [-0.2, -0.15) is 0 Å². The minimum atomic E-state index is 0.424. The van der Waals surface area contributed by atoms with E-state index in [0.29, 0.717) is 18.6 Å². The van der Waals surface area contributed by atoms with E-state index in [0.717, 1.165) is 13.1 Å². The van der Waals surface area contributed by atoms with Crippen LogP contribution in [0.1, 0.15) is 18.1 Å². The molecule has 0 spiro atoms. The highest BCUT2D eigenvalue weighted by Gasteiger charge is 2.28. The summed E-state index contributed by atoms with van der Waals surface area (Å²) in [4.78, 5) is 4.88. The lowest BCUT2D eigenvalue weighted by molar-refractivity contribution is 0.202. The molecule has 1 heterocycles. The average Bonchev–Trinajstić information content (AvgIpc) is 2.30. The Morgan fingerprint density at radius 2 is 1.78 bits per heavy atom. The normalized spacial score (nSPS) is 25.5. The molecule has 18 heavy (non-hydrogen) atoms. The first-order chi connectivity index (χ1) is 8.51. The predicted molar refractivity (Wildman–Crippen MR) is 78.2 cm³/mol. The lowest BCUT2D eigenvalue weighted by Crippen LogP contribution is -2.58. The zero-order valence-electron chi connectivity index (χ0n) is 12.0. The Kier molecular flexibility index (Phi) is 3.93. The van der Waals surface area contributed by atoms with E-state index >= 15 is 0 Å². The number of piperazine rings is 1. The smallest absolute Gasteiger partial charge is 0.0540 e. The summed E-state index contributed by atoms with van der Waals surface area (Å²) in [5.74, 6) is 0. The number of aryl methyl sites for hydroxylation is 2. The molecule has 2 atom stereocenters. The second-order valence-corrected chi connectivity index (χ2v) is 5.68. The van der Waals surface area contributed by atoms with Crippen molar-refractivity contribution in [2.24, 2.45) is 5.73 Å². The molecule has 0 amide bonds. The average molecular weight is 247 g/mol. The fraction of sp³-hybridized carbons (Fsp3) is 0.600. The molecule has 3 nitrogen and oxygen atoms in total. The van der Waals surface area contributed by atoms with Crippen molar-refractivity contribution in [2.75, 3.05) is 31.6 Å². The van der Waals surface area contributed by atoms with Gasteiger partial charge in [-0.25, -0.2) is 0 Å². The fourth-order valence-corrected chi connectivity index (χ4v) is 2.82. The van der Waals surface area contributed by atoms with Gasteiger partial charge < -0.3 is 10.6 Å². The quantitative estimate of drug-likeness (QED) is 0.864. The van der Waals surface area contributed by atoms with Gasteiger partial charge in [0.1, 0.15) is 0 Å². The van der Waals surface area contributed by atoms with E-state index in [9.17, 15) is 0 Å². The number of rotatable bonds is 2. The molecule has 1 aliphatic heterocycles. The van der Waals surface area contributed by atoms with Crippen LogP contribution >= 0.6 is 0 Å². The number of benzene rings is 1. The molecule has 1 saturated heterocycles. The Labute approximate surface area is 111 Å². The minimum Gasteiger partial charge on any atom is -0.364 e. The van der Waals surface area contributed by atoms with E-state index in [1.54, 1.807) is 0 Å². The van der Waals surface area contributed by atoms with Gasteiger partial charge in [-0.1, -0.05) is 6.07 Å². The van der Waals surface area contributed by atoms with Crippen LogP contribution in [0.2, 0.25) is 0 Å². The van der Waals surface area contributed by atoms with Crippen molar-refractivity contribution in [2.45, 2.75) is 32.9 Å². The predicted octanol–water partition coefficient (Wildman–Crippen LogP) is 1.77. The summed E-state index contributed by atoms with van der Waals surface area (Å²) in [6.07, 6.45) is 0. The minimum absolute atomic E-state index is 0.424. The number of hydrogen-bond acceptors (Lipinski definition) is 3. The number of hydrogen-bond donors (Lipinski definition) is 1. The number of nitrogens with zero attached hydrogens (tertiary/aromatic N) is 2. The van der Waals surface area contributed by atoms with Gasteiger partial charge in [0.05, 0.1) is 6.04 Å². The molecule has 0 aromatic heterocycles. The van der Waals surface area contributed by atoms with E-state index in [1.165, 1.54) is 16.8 Å². The standard InChI is InChI=1S/C15H25N3/c1-11-5-12(2)7-14(6-11)18-9-13(3)17(4)10-15(18)8-16/h5-7,13,15H,8-10,16H2,1-4H3. The summed E-state index contributed by atoms with van der Waals surface area (Å²) in [5.41, 5.74) is 9.92. The number of likely N-dealkylation sites (N-methyl/N-ethyl adjacent to an activating group) is 1. The number of anilines is 1. The molecular formula is C15H25N3. The Bertz CT molecular complexity index is 396. The van der Waals surface area contributed by atoms with Crippen LogP contribution in [-0.2, 0) is 0 Å². The summed E-state index contributed by atoms with van der Waals surface area (Å²) in [7, 11) is 2.19. The topological polar surface area (TPSA) is 32.5 Å². The van der Waals surface area contributed by atoms with Crippen LogP contribution in [0, 0.1) is 13.8 Å². The monoisotopic (exact) mass is 247 g/mol. The van der Waals surface area contributed by atoms with E-state index in [1.807, 2.05) is 0 Å². The maximum absolute atomic E-state index is 5.95. The first kappa shape index (κ1) is 13.4. The molecule has 2 N–H and O–H groups in total. The van der Waals surface area contributed by atoms with Gasteiger partial charge in [0, 0.05) is 31.4 Å². The van der Waals surface area contributed by atoms with Gasteiger partial charge in [0.25, 0.3) is 0 Å². The fourth-order valence-electron chi connectivity index (χ4n) is 2.82. The Hall–Kier alpha value is -1.06. The van der Waals surface area contributed by atoms with Gasteiger partial charge in [-0.15, -0.1) is 0 Å². The second-order valence-electron chi connectivity index (χ2n) is 5.68. The van der Waals surface area contributed by atoms with E-state index in [4.69, 9.17) is 5.73 Å². The third kappa shape index (κ3) is 2.68. The van der Waals surface area contributed by atoms with E-state index in [2.05, 4.69) is 55.8 Å². The van der Waals surface area contributed by atoms with Crippen LogP contribution in [0.3, 0.4) is 0 Å². The highest BCUT2D eigenvalue weighted by atomic mass is 15.3. The van der Waals surface area contributed by atoms with Crippen molar-refractivity contribution in [3.63, 3.8) is 0 Å². The summed E-state index contributed by atoms with van der Waals surface area (Å²) in [6.45, 7) is 9.42. The van der Waals surface area contributed by atoms with Crippen molar-refractivity contribution in [1.29, 1.82) is 0 Å². The molecule has 0 bridgehead atoms. The van der Waals surface area contributed by atoms with Gasteiger partial charge in [-0.05, 0) is 51.1 Å². The van der Waals surface area contributed by atoms with Crippen molar-refractivity contribution in [3.8, 4) is 0 Å². The van der Waals surface area contributed by atoms with Gasteiger partial charge in [-0.3, -0.25) is 4.90 Å². The van der Waals surface area contributed by atoms with Crippen LogP contribution in [0.5, 0.6) is 0 Å². The molecule has 3 heteroatoms. The largest absolute Gasteiger partial charge is 0.364 e. The molecule has 0 aliphatic carbocycles. The lowest BCUT2D eigenvalue weighted by Gasteiger charge is -2.45. The summed E-state index contributed by atoms with van der Waals surface area (Å²) < 4.78 is 0. The number of nitrogens with two attached hydrogens (primary N) is 1. The Morgan fingerprint density at radius 3 is 2.33 bits per heavy atom. The highest BCUT2D eigenvalue weighted by Crippen LogP contribution is 2.24. The summed E-state index contributed by atoms with van der Waals surface area (Å²) in [6, 6.07) is 7.77. The first-order valence-corrected chi connectivity index (χ1v) is 6.76. The van der Waals surface area contributed by atoms with Gasteiger partial charge in [0.2, 0.25) is 0 Å². The van der Waals surface area contributed by atoms with Crippen molar-refractivity contribution < 1.29 is 0 Å². The third-order valence-corrected chi connectivity index (χ3v) is 3.96. The zero-order chi connectivity index (χ0) is 13.3. The molecule has 2 unspecified atom stereocenters. The van der Waals surface area contributed by atoms with Gasteiger partial charge >= 0.3 is 0 Å². The molecule has 1 fully saturated rings. The van der Waals surface area contributed by atoms with Crippen LogP contribution in [0.25, 0.3) is 0 Å². The maximum atomic E-state index is 5.95. The lowest BCUT2D eigenvalue weighted by atomic mass is 10.0. The summed E-state index contributed by atoms with van der Waals surface area (Å²) >= 11 is 0. The maximum Gasteiger partial charge on any atom is 0.0540 e. The molecule has 2 rings (SSSR count). The van der Waals surface area contributed by atoms with Crippen molar-refractivity contribution >= 4 is 5.69 Å². The molecule has 0 radical (unpaired) electrons. The van der Waals surface area contributed by atoms with Crippen LogP contribution < -0.4 is 10.6 Å². The van der Waals surface area contributed by atoms with E-state index in [-0.39, 0.29) is 0 Å². The molecule has 100 valence electrons. The molecule has 1 aliphatic rings. The highest BCUT2D eigenvalue weighted by molar-refractivity contribution is 5.52. The second kappa shape index (κ2) is 5.29. The molecule has 1 aromatic rings. The molecular weight excluding hydrogens is 222 g/mol.